The predicted molar refractivity (Wildman–Crippen MR) is 97.6 cm³/mol. The first kappa shape index (κ1) is 17.6. The molecular weight excluding hydrogens is 310 g/mol. The molecule has 0 heterocycles. The molecule has 4 rings (SSSR count). The van der Waals surface area contributed by atoms with Crippen LogP contribution in [-0.4, -0.2) is 24.4 Å². The molecular formula is C22H33NO2. The molecule has 0 aromatic heterocycles. The van der Waals surface area contributed by atoms with E-state index in [2.05, 4.69) is 19.9 Å². The maximum absolute atomic E-state index is 10.2. The predicted octanol–water partition coefficient (Wildman–Crippen LogP) is 4.46. The molecule has 0 radical (unpaired) electrons. The van der Waals surface area contributed by atoms with E-state index in [1.807, 2.05) is 13.2 Å². The van der Waals surface area contributed by atoms with Crippen molar-refractivity contribution < 1.29 is 9.84 Å². The van der Waals surface area contributed by atoms with Gasteiger partial charge in [0.25, 0.3) is 0 Å². The Hall–Kier alpha value is -0.850. The van der Waals surface area contributed by atoms with E-state index in [4.69, 9.17) is 4.74 Å². The van der Waals surface area contributed by atoms with Crippen molar-refractivity contribution in [3.05, 3.63) is 11.6 Å². The minimum Gasteiger partial charge on any atom is -0.393 e. The van der Waals surface area contributed by atoms with Gasteiger partial charge in [-0.15, -0.1) is 0 Å². The van der Waals surface area contributed by atoms with Gasteiger partial charge in [-0.1, -0.05) is 19.4 Å². The van der Waals surface area contributed by atoms with Crippen molar-refractivity contribution in [3.63, 3.8) is 0 Å². The zero-order valence-corrected chi connectivity index (χ0v) is 16.0. The topological polar surface area (TPSA) is 53.2 Å². The SMILES string of the molecule is COC1CC2(C)C(=CC#N)CCC2C2CCC3CC(O)CCC3(C)C12. The molecule has 0 spiro atoms. The number of hydrogen-bond donors (Lipinski definition) is 1. The summed E-state index contributed by atoms with van der Waals surface area (Å²) in [5, 5.41) is 19.4. The molecule has 4 saturated carbocycles. The summed E-state index contributed by atoms with van der Waals surface area (Å²) in [7, 11) is 1.89. The van der Waals surface area contributed by atoms with Crippen molar-refractivity contribution in [1.82, 2.24) is 0 Å². The number of fused-ring (bicyclic) bond motifs is 5. The van der Waals surface area contributed by atoms with Crippen molar-refractivity contribution in [2.75, 3.05) is 7.11 Å². The van der Waals surface area contributed by atoms with Crippen molar-refractivity contribution in [2.24, 2.45) is 34.5 Å². The Bertz CT molecular complexity index is 608. The van der Waals surface area contributed by atoms with Crippen molar-refractivity contribution in [1.29, 1.82) is 5.26 Å². The van der Waals surface area contributed by atoms with Crippen LogP contribution < -0.4 is 0 Å². The third-order valence-electron chi connectivity index (χ3n) is 8.94. The van der Waals surface area contributed by atoms with Gasteiger partial charge in [0.15, 0.2) is 0 Å². The fraction of sp³-hybridized carbons (Fsp3) is 0.864. The highest BCUT2D eigenvalue weighted by molar-refractivity contribution is 5.29. The third kappa shape index (κ3) is 2.44. The Labute approximate surface area is 152 Å². The molecule has 0 aromatic rings. The van der Waals surface area contributed by atoms with E-state index < -0.39 is 0 Å². The van der Waals surface area contributed by atoms with E-state index in [0.29, 0.717) is 29.1 Å². The van der Waals surface area contributed by atoms with Gasteiger partial charge in [-0.05, 0) is 85.9 Å². The Morgan fingerprint density at radius 2 is 2.04 bits per heavy atom. The van der Waals surface area contributed by atoms with Crippen molar-refractivity contribution >= 4 is 0 Å². The molecule has 138 valence electrons. The summed E-state index contributed by atoms with van der Waals surface area (Å²) in [6.45, 7) is 4.89. The van der Waals surface area contributed by atoms with Crippen LogP contribution in [0.1, 0.15) is 65.2 Å². The summed E-state index contributed by atoms with van der Waals surface area (Å²) in [4.78, 5) is 0. The monoisotopic (exact) mass is 343 g/mol. The van der Waals surface area contributed by atoms with E-state index in [1.165, 1.54) is 24.8 Å². The molecule has 8 unspecified atom stereocenters. The zero-order valence-electron chi connectivity index (χ0n) is 16.0. The molecule has 0 aromatic carbocycles. The smallest absolute Gasteiger partial charge is 0.0911 e. The third-order valence-corrected chi connectivity index (χ3v) is 8.94. The second-order valence-corrected chi connectivity index (χ2v) is 9.74. The zero-order chi connectivity index (χ0) is 17.8. The molecule has 0 saturated heterocycles. The van der Waals surface area contributed by atoms with Gasteiger partial charge in [0.05, 0.1) is 18.3 Å². The normalized spacial score (nSPS) is 53.6. The molecule has 4 fully saturated rings. The summed E-state index contributed by atoms with van der Waals surface area (Å²) < 4.78 is 6.13. The van der Waals surface area contributed by atoms with Crippen molar-refractivity contribution in [3.8, 4) is 6.07 Å². The quantitative estimate of drug-likeness (QED) is 0.715. The van der Waals surface area contributed by atoms with Gasteiger partial charge in [-0.2, -0.15) is 5.26 Å². The maximum atomic E-state index is 10.2. The van der Waals surface area contributed by atoms with Crippen LogP contribution in [-0.2, 0) is 4.74 Å². The standard InChI is InChI=1S/C22H33NO2/c1-21-10-8-16(24)12-15(21)4-6-17-18-7-5-14(9-11-23)22(18,2)13-19(25-3)20(17)21/h9,15-20,24H,4-8,10,12-13H2,1-3H3. The first-order valence-electron chi connectivity index (χ1n) is 10.2. The summed E-state index contributed by atoms with van der Waals surface area (Å²) in [6.07, 6.45) is 11.0. The molecule has 3 heteroatoms. The fourth-order valence-electron chi connectivity index (χ4n) is 7.71. The summed E-state index contributed by atoms with van der Waals surface area (Å²) in [5.74, 6) is 2.68. The first-order valence-corrected chi connectivity index (χ1v) is 10.2. The van der Waals surface area contributed by atoms with Crippen molar-refractivity contribution in [2.45, 2.75) is 77.4 Å². The minimum atomic E-state index is -0.0962. The molecule has 3 nitrogen and oxygen atoms in total. The molecule has 25 heavy (non-hydrogen) atoms. The summed E-state index contributed by atoms with van der Waals surface area (Å²) in [5.41, 5.74) is 1.83. The first-order chi connectivity index (χ1) is 11.9. The van der Waals surface area contributed by atoms with Crippen LogP contribution in [0.4, 0.5) is 0 Å². The van der Waals surface area contributed by atoms with Gasteiger partial charge in [0.2, 0.25) is 0 Å². The number of allylic oxidation sites excluding steroid dienone is 2. The van der Waals surface area contributed by atoms with Gasteiger partial charge in [-0.3, -0.25) is 0 Å². The van der Waals surface area contributed by atoms with E-state index in [9.17, 15) is 10.4 Å². The minimum absolute atomic E-state index is 0.0962. The molecule has 0 aliphatic heterocycles. The second kappa shape index (κ2) is 6.10. The highest BCUT2D eigenvalue weighted by Gasteiger charge is 2.62. The molecule has 8 atom stereocenters. The van der Waals surface area contributed by atoms with E-state index in [1.54, 1.807) is 0 Å². The fourth-order valence-corrected chi connectivity index (χ4v) is 7.71. The van der Waals surface area contributed by atoms with E-state index in [0.717, 1.165) is 32.1 Å². The Balaban J connectivity index is 1.71. The maximum Gasteiger partial charge on any atom is 0.0911 e. The van der Waals surface area contributed by atoms with E-state index >= 15 is 0 Å². The molecule has 4 aliphatic carbocycles. The van der Waals surface area contributed by atoms with Gasteiger partial charge in [-0.25, -0.2) is 0 Å². The number of nitrogens with zero attached hydrogens (tertiary/aromatic N) is 1. The Morgan fingerprint density at radius 1 is 1.24 bits per heavy atom. The van der Waals surface area contributed by atoms with E-state index in [-0.39, 0.29) is 17.6 Å². The average Bonchev–Trinajstić information content (AvgIpc) is 2.91. The second-order valence-electron chi connectivity index (χ2n) is 9.74. The lowest BCUT2D eigenvalue weighted by Crippen LogP contribution is -2.58. The van der Waals surface area contributed by atoms with Gasteiger partial charge in [0.1, 0.15) is 0 Å². The molecule has 1 N–H and O–H groups in total. The number of aliphatic hydroxyl groups excluding tert-OH is 1. The number of rotatable bonds is 1. The Kier molecular flexibility index (Phi) is 4.28. The lowest BCUT2D eigenvalue weighted by atomic mass is 9.44. The number of hydrogen-bond acceptors (Lipinski definition) is 3. The largest absolute Gasteiger partial charge is 0.393 e. The van der Waals surface area contributed by atoms with Crippen LogP contribution in [0.2, 0.25) is 0 Å². The number of methoxy groups -OCH3 is 1. The van der Waals surface area contributed by atoms with Crippen LogP contribution in [0.3, 0.4) is 0 Å². The van der Waals surface area contributed by atoms with Crippen LogP contribution in [0.5, 0.6) is 0 Å². The highest BCUT2D eigenvalue weighted by atomic mass is 16.5. The molecule has 4 aliphatic rings. The van der Waals surface area contributed by atoms with Crippen LogP contribution >= 0.6 is 0 Å². The highest BCUT2D eigenvalue weighted by Crippen LogP contribution is 2.67. The number of aliphatic hydroxyl groups is 1. The van der Waals surface area contributed by atoms with Gasteiger partial charge in [0, 0.05) is 13.2 Å². The average molecular weight is 344 g/mol. The lowest BCUT2D eigenvalue weighted by molar-refractivity contribution is -0.175. The van der Waals surface area contributed by atoms with Gasteiger partial charge >= 0.3 is 0 Å². The summed E-state index contributed by atoms with van der Waals surface area (Å²) >= 11 is 0. The molecule has 0 amide bonds. The van der Waals surface area contributed by atoms with Crippen LogP contribution in [0.25, 0.3) is 0 Å². The Morgan fingerprint density at radius 3 is 2.76 bits per heavy atom. The number of ether oxygens (including phenoxy) is 1. The van der Waals surface area contributed by atoms with Crippen LogP contribution in [0.15, 0.2) is 11.6 Å². The van der Waals surface area contributed by atoms with Crippen LogP contribution in [0, 0.1) is 45.8 Å². The molecule has 0 bridgehead atoms. The number of nitriles is 1. The summed E-state index contributed by atoms with van der Waals surface area (Å²) in [6, 6.07) is 2.30. The lowest BCUT2D eigenvalue weighted by Gasteiger charge is -2.62. The van der Waals surface area contributed by atoms with Gasteiger partial charge < -0.3 is 9.84 Å².